The summed E-state index contributed by atoms with van der Waals surface area (Å²) in [7, 11) is 0. The first-order valence-corrected chi connectivity index (χ1v) is 7.12. The van der Waals surface area contributed by atoms with Crippen LogP contribution in [0.3, 0.4) is 0 Å². The summed E-state index contributed by atoms with van der Waals surface area (Å²) in [4.78, 5) is 23.9. The van der Waals surface area contributed by atoms with E-state index in [0.717, 1.165) is 25.7 Å². The van der Waals surface area contributed by atoms with Gasteiger partial charge in [0.05, 0.1) is 17.2 Å². The lowest BCUT2D eigenvalue weighted by Gasteiger charge is -2.16. The molecule has 0 aromatic heterocycles. The van der Waals surface area contributed by atoms with Gasteiger partial charge in [-0.1, -0.05) is 25.0 Å². The highest BCUT2D eigenvalue weighted by Gasteiger charge is 2.27. The Morgan fingerprint density at radius 1 is 1.33 bits per heavy atom. The maximum absolute atomic E-state index is 12.0. The molecule has 0 heterocycles. The van der Waals surface area contributed by atoms with Gasteiger partial charge in [-0.25, -0.2) is 0 Å². The minimum atomic E-state index is -0.871. The van der Waals surface area contributed by atoms with E-state index in [1.54, 1.807) is 24.3 Å². The molecule has 5 nitrogen and oxygen atoms in total. The van der Waals surface area contributed by atoms with Gasteiger partial charge < -0.3 is 10.1 Å². The first-order chi connectivity index (χ1) is 10.1. The van der Waals surface area contributed by atoms with Crippen molar-refractivity contribution >= 4 is 17.6 Å². The van der Waals surface area contributed by atoms with E-state index in [9.17, 15) is 9.59 Å². The lowest BCUT2D eigenvalue weighted by molar-refractivity contribution is -0.157. The third-order valence-corrected chi connectivity index (χ3v) is 3.66. The van der Waals surface area contributed by atoms with Gasteiger partial charge in [0.15, 0.2) is 6.10 Å². The van der Waals surface area contributed by atoms with E-state index in [2.05, 4.69) is 5.32 Å². The normalized spacial score (nSPS) is 16.0. The average Bonchev–Trinajstić information content (AvgIpc) is 3.02. The predicted molar refractivity (Wildman–Crippen MR) is 77.3 cm³/mol. The first kappa shape index (κ1) is 15.0. The molecule has 0 saturated heterocycles. The van der Waals surface area contributed by atoms with Crippen LogP contribution in [-0.2, 0) is 14.3 Å². The van der Waals surface area contributed by atoms with Gasteiger partial charge in [0, 0.05) is 0 Å². The molecule has 5 heteroatoms. The minimum Gasteiger partial charge on any atom is -0.452 e. The number of hydrogen-bond acceptors (Lipinski definition) is 4. The highest BCUT2D eigenvalue weighted by atomic mass is 16.5. The molecule has 0 aliphatic heterocycles. The third kappa shape index (κ3) is 3.82. The number of hydrogen-bond donors (Lipinski definition) is 1. The summed E-state index contributed by atoms with van der Waals surface area (Å²) in [5.74, 6) is -0.806. The summed E-state index contributed by atoms with van der Waals surface area (Å²) in [5.41, 5.74) is 0.800. The summed E-state index contributed by atoms with van der Waals surface area (Å²) in [5, 5.41) is 11.6. The molecule has 0 unspecified atom stereocenters. The zero-order chi connectivity index (χ0) is 15.2. The molecule has 0 bridgehead atoms. The van der Waals surface area contributed by atoms with Crippen LogP contribution in [0.4, 0.5) is 5.69 Å². The largest absolute Gasteiger partial charge is 0.452 e. The molecule has 1 atom stereocenters. The fourth-order valence-corrected chi connectivity index (χ4v) is 2.41. The zero-order valence-corrected chi connectivity index (χ0v) is 12.0. The van der Waals surface area contributed by atoms with E-state index in [4.69, 9.17) is 10.00 Å². The zero-order valence-electron chi connectivity index (χ0n) is 12.0. The quantitative estimate of drug-likeness (QED) is 0.863. The number of para-hydroxylation sites is 1. The predicted octanol–water partition coefficient (Wildman–Crippen LogP) is 2.62. The molecular weight excluding hydrogens is 268 g/mol. The highest BCUT2D eigenvalue weighted by Crippen LogP contribution is 2.26. The van der Waals surface area contributed by atoms with Gasteiger partial charge in [-0.3, -0.25) is 9.59 Å². The number of nitrogens with one attached hydrogen (secondary N) is 1. The molecular formula is C16H18N2O3. The Kier molecular flexibility index (Phi) is 4.94. The van der Waals surface area contributed by atoms with Crippen LogP contribution < -0.4 is 5.32 Å². The van der Waals surface area contributed by atoms with Crippen LogP contribution in [-0.4, -0.2) is 18.0 Å². The molecule has 2 rings (SSSR count). The maximum atomic E-state index is 12.0. The molecule has 1 amide bonds. The Balaban J connectivity index is 1.93. The monoisotopic (exact) mass is 286 g/mol. The first-order valence-electron chi connectivity index (χ1n) is 7.12. The molecule has 1 aliphatic carbocycles. The van der Waals surface area contributed by atoms with E-state index < -0.39 is 12.0 Å². The van der Waals surface area contributed by atoms with E-state index in [1.807, 2.05) is 6.07 Å². The van der Waals surface area contributed by atoms with Crippen molar-refractivity contribution in [3.8, 4) is 6.07 Å². The Labute approximate surface area is 123 Å². The molecule has 0 spiro atoms. The summed E-state index contributed by atoms with van der Waals surface area (Å²) in [6, 6.07) is 8.71. The Bertz CT molecular complexity index is 571. The fourth-order valence-electron chi connectivity index (χ4n) is 2.41. The molecule has 1 saturated carbocycles. The number of benzene rings is 1. The van der Waals surface area contributed by atoms with Crippen molar-refractivity contribution in [2.45, 2.75) is 38.7 Å². The van der Waals surface area contributed by atoms with Crippen molar-refractivity contribution in [1.82, 2.24) is 0 Å². The van der Waals surface area contributed by atoms with E-state index in [0.29, 0.717) is 11.3 Å². The molecule has 1 aliphatic rings. The summed E-state index contributed by atoms with van der Waals surface area (Å²) < 4.78 is 5.21. The van der Waals surface area contributed by atoms with Gasteiger partial charge >= 0.3 is 5.97 Å². The summed E-state index contributed by atoms with van der Waals surface area (Å²) in [6.45, 7) is 1.54. The number of rotatable bonds is 4. The number of amides is 1. The molecule has 0 radical (unpaired) electrons. The summed E-state index contributed by atoms with van der Waals surface area (Å²) in [6.07, 6.45) is 2.88. The number of anilines is 1. The van der Waals surface area contributed by atoms with Crippen molar-refractivity contribution in [3.05, 3.63) is 29.8 Å². The Hall–Kier alpha value is -2.35. The van der Waals surface area contributed by atoms with Crippen LogP contribution in [0.15, 0.2) is 24.3 Å². The van der Waals surface area contributed by atoms with Crippen LogP contribution in [0.2, 0.25) is 0 Å². The maximum Gasteiger partial charge on any atom is 0.309 e. The number of carbonyl (C=O) groups is 2. The second kappa shape index (κ2) is 6.89. The molecule has 1 fully saturated rings. The minimum absolute atomic E-state index is 0.0772. The van der Waals surface area contributed by atoms with Crippen LogP contribution in [0.25, 0.3) is 0 Å². The van der Waals surface area contributed by atoms with Gasteiger partial charge in [-0.15, -0.1) is 0 Å². The number of carbonyl (C=O) groups excluding carboxylic acids is 2. The molecule has 1 N–H and O–H groups in total. The van der Waals surface area contributed by atoms with E-state index in [-0.39, 0.29) is 11.9 Å². The van der Waals surface area contributed by atoms with Gasteiger partial charge in [0.2, 0.25) is 0 Å². The van der Waals surface area contributed by atoms with Crippen LogP contribution >= 0.6 is 0 Å². The van der Waals surface area contributed by atoms with E-state index >= 15 is 0 Å². The highest BCUT2D eigenvalue weighted by molar-refractivity contribution is 5.96. The van der Waals surface area contributed by atoms with Crippen LogP contribution in [0.1, 0.15) is 38.2 Å². The van der Waals surface area contributed by atoms with Gasteiger partial charge in [-0.05, 0) is 31.9 Å². The second-order valence-corrected chi connectivity index (χ2v) is 5.21. The van der Waals surface area contributed by atoms with Crippen molar-refractivity contribution in [3.63, 3.8) is 0 Å². The lowest BCUT2D eigenvalue weighted by atomic mass is 10.1. The van der Waals surface area contributed by atoms with Crippen LogP contribution in [0.5, 0.6) is 0 Å². The van der Waals surface area contributed by atoms with Crippen molar-refractivity contribution in [2.24, 2.45) is 5.92 Å². The standard InChI is InChI=1S/C16H18N2O3/c1-11(21-16(20)12-6-2-3-7-12)15(19)18-14-9-5-4-8-13(14)10-17/h4-5,8-9,11-12H,2-3,6-7H2,1H3,(H,18,19)/t11-/m1/s1. The number of nitriles is 1. The van der Waals surface area contributed by atoms with Crippen molar-refractivity contribution in [1.29, 1.82) is 5.26 Å². The Morgan fingerprint density at radius 3 is 2.67 bits per heavy atom. The van der Waals surface area contributed by atoms with Crippen molar-refractivity contribution in [2.75, 3.05) is 5.32 Å². The molecule has 110 valence electrons. The van der Waals surface area contributed by atoms with Crippen molar-refractivity contribution < 1.29 is 14.3 Å². The van der Waals surface area contributed by atoms with Crippen LogP contribution in [0, 0.1) is 17.2 Å². The van der Waals surface area contributed by atoms with Gasteiger partial charge in [0.1, 0.15) is 6.07 Å². The Morgan fingerprint density at radius 2 is 2.00 bits per heavy atom. The third-order valence-electron chi connectivity index (χ3n) is 3.66. The summed E-state index contributed by atoms with van der Waals surface area (Å²) >= 11 is 0. The fraction of sp³-hybridized carbons (Fsp3) is 0.438. The molecule has 21 heavy (non-hydrogen) atoms. The van der Waals surface area contributed by atoms with Gasteiger partial charge in [-0.2, -0.15) is 5.26 Å². The average molecular weight is 286 g/mol. The SMILES string of the molecule is C[C@@H](OC(=O)C1CCCC1)C(=O)Nc1ccccc1C#N. The second-order valence-electron chi connectivity index (χ2n) is 5.21. The number of esters is 1. The number of ether oxygens (including phenoxy) is 1. The molecule has 1 aromatic rings. The lowest BCUT2D eigenvalue weighted by Crippen LogP contribution is -2.32. The topological polar surface area (TPSA) is 79.2 Å². The molecule has 1 aromatic carbocycles. The number of nitrogens with zero attached hydrogens (tertiary/aromatic N) is 1. The van der Waals surface area contributed by atoms with E-state index in [1.165, 1.54) is 6.92 Å². The van der Waals surface area contributed by atoms with Gasteiger partial charge in [0.25, 0.3) is 5.91 Å². The smallest absolute Gasteiger partial charge is 0.309 e.